The van der Waals surface area contributed by atoms with Crippen LogP contribution in [0.15, 0.2) is 46.0 Å². The molecule has 2 N–H and O–H groups in total. The van der Waals surface area contributed by atoms with Gasteiger partial charge in [-0.05, 0) is 35.6 Å². The molecule has 2 rings (SSSR count). The Bertz CT molecular complexity index is 774. The number of rotatable bonds is 6. The molecule has 1 amide bonds. The van der Waals surface area contributed by atoms with Crippen molar-refractivity contribution in [2.75, 3.05) is 5.32 Å². The number of benzene rings is 1. The highest BCUT2D eigenvalue weighted by Gasteiger charge is 2.28. The molecule has 1 aromatic carbocycles. The molecule has 0 bridgehead atoms. The fourth-order valence-corrected chi connectivity index (χ4v) is 4.46. The second-order valence-electron chi connectivity index (χ2n) is 5.27. The van der Waals surface area contributed by atoms with E-state index in [4.69, 9.17) is 11.6 Å². The fraction of sp³-hybridized carbons (Fsp3) is 0.267. The van der Waals surface area contributed by atoms with Crippen LogP contribution < -0.4 is 10.0 Å². The van der Waals surface area contributed by atoms with Crippen LogP contribution >= 0.6 is 22.9 Å². The largest absolute Gasteiger partial charge is 0.325 e. The van der Waals surface area contributed by atoms with Crippen molar-refractivity contribution in [3.05, 3.63) is 46.8 Å². The maximum absolute atomic E-state index is 12.4. The average molecular weight is 373 g/mol. The first-order chi connectivity index (χ1) is 10.8. The average Bonchev–Trinajstić information content (AvgIpc) is 2.99. The smallest absolute Gasteiger partial charge is 0.250 e. The molecule has 0 unspecified atom stereocenters. The van der Waals surface area contributed by atoms with Crippen molar-refractivity contribution in [1.29, 1.82) is 0 Å². The number of amides is 1. The van der Waals surface area contributed by atoms with Gasteiger partial charge in [0.1, 0.15) is 10.3 Å². The lowest BCUT2D eigenvalue weighted by Gasteiger charge is -2.21. The Morgan fingerprint density at radius 2 is 1.96 bits per heavy atom. The Morgan fingerprint density at radius 3 is 2.52 bits per heavy atom. The first kappa shape index (κ1) is 17.9. The summed E-state index contributed by atoms with van der Waals surface area (Å²) in [5, 5.41) is 4.85. The minimum absolute atomic E-state index is 0.179. The molecule has 0 aliphatic carbocycles. The van der Waals surface area contributed by atoms with Crippen molar-refractivity contribution in [3.63, 3.8) is 0 Å². The number of anilines is 1. The number of thiophene rings is 1. The van der Waals surface area contributed by atoms with E-state index >= 15 is 0 Å². The third kappa shape index (κ3) is 4.78. The van der Waals surface area contributed by atoms with Crippen molar-refractivity contribution in [1.82, 2.24) is 4.72 Å². The van der Waals surface area contributed by atoms with E-state index in [9.17, 15) is 13.2 Å². The highest BCUT2D eigenvalue weighted by molar-refractivity contribution is 7.91. The summed E-state index contributed by atoms with van der Waals surface area (Å²) in [6.07, 6.45) is 0. The molecule has 0 aliphatic heterocycles. The van der Waals surface area contributed by atoms with Gasteiger partial charge >= 0.3 is 0 Å². The minimum Gasteiger partial charge on any atom is -0.325 e. The molecular formula is C15H17ClN2O3S2. The van der Waals surface area contributed by atoms with E-state index in [0.717, 1.165) is 11.3 Å². The second-order valence-corrected chi connectivity index (χ2v) is 8.60. The van der Waals surface area contributed by atoms with Gasteiger partial charge in [-0.1, -0.05) is 37.6 Å². The lowest BCUT2D eigenvalue weighted by Crippen LogP contribution is -2.46. The number of carbonyl (C=O) groups is 1. The van der Waals surface area contributed by atoms with E-state index in [1.807, 2.05) is 0 Å². The summed E-state index contributed by atoms with van der Waals surface area (Å²) < 4.78 is 27.3. The zero-order valence-electron chi connectivity index (χ0n) is 12.6. The van der Waals surface area contributed by atoms with Crippen molar-refractivity contribution in [3.8, 4) is 0 Å². The van der Waals surface area contributed by atoms with E-state index in [1.165, 1.54) is 6.07 Å². The Balaban J connectivity index is 2.17. The Labute approximate surface area is 144 Å². The molecule has 1 atom stereocenters. The molecule has 0 spiro atoms. The van der Waals surface area contributed by atoms with Gasteiger partial charge in [-0.3, -0.25) is 4.79 Å². The van der Waals surface area contributed by atoms with Gasteiger partial charge in [0, 0.05) is 10.7 Å². The van der Waals surface area contributed by atoms with Crippen LogP contribution in [0.5, 0.6) is 0 Å². The van der Waals surface area contributed by atoms with E-state index < -0.39 is 22.0 Å². The molecule has 0 aliphatic rings. The number of carbonyl (C=O) groups excluding carboxylic acids is 1. The predicted octanol–water partition coefficient (Wildman–Crippen LogP) is 3.34. The van der Waals surface area contributed by atoms with Crippen LogP contribution in [0.4, 0.5) is 5.69 Å². The van der Waals surface area contributed by atoms with Gasteiger partial charge in [-0.25, -0.2) is 8.42 Å². The molecule has 0 saturated carbocycles. The summed E-state index contributed by atoms with van der Waals surface area (Å²) in [7, 11) is -3.73. The zero-order valence-corrected chi connectivity index (χ0v) is 15.0. The normalized spacial score (nSPS) is 13.0. The number of sulfonamides is 1. The Kier molecular flexibility index (Phi) is 5.80. The second kappa shape index (κ2) is 7.44. The molecular weight excluding hydrogens is 356 g/mol. The number of halogens is 1. The number of nitrogens with one attached hydrogen (secondary N) is 2. The maximum atomic E-state index is 12.4. The SMILES string of the molecule is CC(C)[C@@H](NS(=O)(=O)c1cccs1)C(=O)Nc1cccc(Cl)c1. The van der Waals surface area contributed by atoms with Crippen molar-refractivity contribution in [2.45, 2.75) is 24.1 Å². The molecule has 0 fully saturated rings. The van der Waals surface area contributed by atoms with Gasteiger partial charge in [0.25, 0.3) is 10.0 Å². The lowest BCUT2D eigenvalue weighted by molar-refractivity contribution is -0.118. The van der Waals surface area contributed by atoms with Gasteiger partial charge in [0.2, 0.25) is 5.91 Å². The Morgan fingerprint density at radius 1 is 1.22 bits per heavy atom. The van der Waals surface area contributed by atoms with E-state index in [2.05, 4.69) is 10.0 Å². The molecule has 124 valence electrons. The van der Waals surface area contributed by atoms with Crippen molar-refractivity contribution >= 4 is 44.6 Å². The maximum Gasteiger partial charge on any atom is 0.250 e. The standard InChI is InChI=1S/C15H17ClN2O3S2/c1-10(2)14(18-23(20,21)13-7-4-8-22-13)15(19)17-12-6-3-5-11(16)9-12/h3-10,14,18H,1-2H3,(H,17,19)/t14-/m1/s1. The monoisotopic (exact) mass is 372 g/mol. The van der Waals surface area contributed by atoms with E-state index in [0.29, 0.717) is 10.7 Å². The van der Waals surface area contributed by atoms with Crippen LogP contribution in [0.25, 0.3) is 0 Å². The van der Waals surface area contributed by atoms with Crippen LogP contribution in [0, 0.1) is 5.92 Å². The molecule has 8 heteroatoms. The fourth-order valence-electron chi connectivity index (χ4n) is 1.92. The number of hydrogen-bond donors (Lipinski definition) is 2. The summed E-state index contributed by atoms with van der Waals surface area (Å²) >= 11 is 6.98. The van der Waals surface area contributed by atoms with Gasteiger partial charge in [-0.15, -0.1) is 11.3 Å². The van der Waals surface area contributed by atoms with Crippen LogP contribution in [0.1, 0.15) is 13.8 Å². The summed E-state index contributed by atoms with van der Waals surface area (Å²) in [4.78, 5) is 12.4. The highest BCUT2D eigenvalue weighted by atomic mass is 35.5. The van der Waals surface area contributed by atoms with Crippen LogP contribution in [-0.2, 0) is 14.8 Å². The number of hydrogen-bond acceptors (Lipinski definition) is 4. The third-order valence-corrected chi connectivity index (χ3v) is 6.16. The molecule has 1 heterocycles. The minimum atomic E-state index is -3.73. The van der Waals surface area contributed by atoms with E-state index in [-0.39, 0.29) is 10.1 Å². The van der Waals surface area contributed by atoms with E-state index in [1.54, 1.807) is 49.6 Å². The first-order valence-corrected chi connectivity index (χ1v) is 9.66. The van der Waals surface area contributed by atoms with Crippen LogP contribution in [0.2, 0.25) is 5.02 Å². The molecule has 1 aromatic heterocycles. The third-order valence-electron chi connectivity index (χ3n) is 3.08. The molecule has 23 heavy (non-hydrogen) atoms. The van der Waals surface area contributed by atoms with Crippen LogP contribution in [0.3, 0.4) is 0 Å². The lowest BCUT2D eigenvalue weighted by atomic mass is 10.0. The Hall–Kier alpha value is -1.41. The molecule has 2 aromatic rings. The van der Waals surface area contributed by atoms with Gasteiger partial charge in [0.05, 0.1) is 0 Å². The summed E-state index contributed by atoms with van der Waals surface area (Å²) in [5.74, 6) is -0.647. The quantitative estimate of drug-likeness (QED) is 0.816. The highest BCUT2D eigenvalue weighted by Crippen LogP contribution is 2.19. The van der Waals surface area contributed by atoms with Crippen molar-refractivity contribution in [2.24, 2.45) is 5.92 Å². The molecule has 0 radical (unpaired) electrons. The molecule has 5 nitrogen and oxygen atoms in total. The van der Waals surface area contributed by atoms with Gasteiger partial charge in [-0.2, -0.15) is 4.72 Å². The first-order valence-electron chi connectivity index (χ1n) is 6.92. The van der Waals surface area contributed by atoms with Gasteiger partial charge < -0.3 is 5.32 Å². The summed E-state index contributed by atoms with van der Waals surface area (Å²) in [6.45, 7) is 3.55. The summed E-state index contributed by atoms with van der Waals surface area (Å²) in [5.41, 5.74) is 0.517. The summed E-state index contributed by atoms with van der Waals surface area (Å²) in [6, 6.07) is 8.95. The van der Waals surface area contributed by atoms with Crippen LogP contribution in [-0.4, -0.2) is 20.4 Å². The topological polar surface area (TPSA) is 75.3 Å². The predicted molar refractivity (Wildman–Crippen MR) is 93.3 cm³/mol. The zero-order chi connectivity index (χ0) is 17.0. The van der Waals surface area contributed by atoms with Gasteiger partial charge in [0.15, 0.2) is 0 Å². The molecule has 0 saturated heterocycles. The van der Waals surface area contributed by atoms with Crippen molar-refractivity contribution < 1.29 is 13.2 Å².